The van der Waals surface area contributed by atoms with E-state index in [1.54, 1.807) is 0 Å². The average Bonchev–Trinajstić information content (AvgIpc) is 2.25. The van der Waals surface area contributed by atoms with Gasteiger partial charge in [-0.15, -0.1) is 0 Å². The highest BCUT2D eigenvalue weighted by Gasteiger charge is 2.16. The highest BCUT2D eigenvalue weighted by molar-refractivity contribution is 6.33. The number of ketones is 1. The fourth-order valence-electron chi connectivity index (χ4n) is 0.766. The van der Waals surface area contributed by atoms with Gasteiger partial charge >= 0.3 is 5.97 Å². The van der Waals surface area contributed by atoms with Gasteiger partial charge in [0.05, 0.1) is 12.6 Å². The third-order valence-electron chi connectivity index (χ3n) is 1.63. The third-order valence-corrected chi connectivity index (χ3v) is 1.63. The molecule has 0 radical (unpaired) electrons. The average molecular weight is 217 g/mol. The fraction of sp³-hybridized carbons (Fsp3) is 0.667. The Morgan fingerprint density at radius 2 is 2.07 bits per heavy atom. The molecule has 0 aliphatic heterocycles. The van der Waals surface area contributed by atoms with Crippen LogP contribution in [0.15, 0.2) is 0 Å². The first-order valence-electron chi connectivity index (χ1n) is 4.51. The monoisotopic (exact) mass is 217 g/mol. The number of aldehydes is 1. The molecule has 0 fully saturated rings. The van der Waals surface area contributed by atoms with Crippen LogP contribution < -0.4 is 5.73 Å². The molecular formula is C9H15NO5. The second-order valence-corrected chi connectivity index (χ2v) is 2.89. The summed E-state index contributed by atoms with van der Waals surface area (Å²) in [5.41, 5.74) is 5.25. The molecule has 0 saturated carbocycles. The van der Waals surface area contributed by atoms with Crippen molar-refractivity contribution in [2.24, 2.45) is 5.73 Å². The fourth-order valence-corrected chi connectivity index (χ4v) is 0.766. The Kier molecular flexibility index (Phi) is 7.39. The van der Waals surface area contributed by atoms with Crippen molar-refractivity contribution in [2.75, 3.05) is 20.3 Å². The smallest absolute Gasteiger partial charge is 0.374 e. The van der Waals surface area contributed by atoms with Crippen LogP contribution in [0.25, 0.3) is 0 Å². The van der Waals surface area contributed by atoms with Crippen LogP contribution in [0, 0.1) is 0 Å². The van der Waals surface area contributed by atoms with E-state index < -0.39 is 17.8 Å². The minimum absolute atomic E-state index is 0.0425. The van der Waals surface area contributed by atoms with Gasteiger partial charge < -0.3 is 20.0 Å². The molecule has 15 heavy (non-hydrogen) atoms. The number of methoxy groups -OCH3 is 1. The topological polar surface area (TPSA) is 95.7 Å². The number of hydrogen-bond acceptors (Lipinski definition) is 6. The molecule has 0 spiro atoms. The van der Waals surface area contributed by atoms with E-state index in [-0.39, 0.29) is 26.1 Å². The van der Waals surface area contributed by atoms with Gasteiger partial charge in [-0.3, -0.25) is 4.79 Å². The Morgan fingerprint density at radius 3 is 2.60 bits per heavy atom. The molecule has 0 heterocycles. The van der Waals surface area contributed by atoms with Crippen LogP contribution in [-0.4, -0.2) is 44.4 Å². The summed E-state index contributed by atoms with van der Waals surface area (Å²) < 4.78 is 9.20. The van der Waals surface area contributed by atoms with Crippen molar-refractivity contribution in [1.82, 2.24) is 0 Å². The number of ether oxygens (including phenoxy) is 2. The molecule has 0 aliphatic rings. The van der Waals surface area contributed by atoms with Gasteiger partial charge in [-0.05, 0) is 6.42 Å². The molecule has 0 aromatic rings. The number of Topliss-reactive ketones (excluding diaryl/α,β-unsaturated/α-hetero) is 1. The lowest BCUT2D eigenvalue weighted by molar-refractivity contribution is -0.154. The number of carbonyl (C=O) groups excluding carboxylic acids is 3. The Bertz CT molecular complexity index is 229. The zero-order chi connectivity index (χ0) is 11.7. The maximum Gasteiger partial charge on any atom is 0.374 e. The van der Waals surface area contributed by atoms with Crippen LogP contribution >= 0.6 is 0 Å². The standard InChI is InChI=1S/C9H15NO5/c1-14-4-5-15-9(13)8(12)3-2-7(10)6-11/h6-7H,2-5,10H2,1H3/t7-/m0/s1. The summed E-state index contributed by atoms with van der Waals surface area (Å²) in [6, 6.07) is -0.708. The van der Waals surface area contributed by atoms with Crippen LogP contribution in [-0.2, 0) is 23.9 Å². The van der Waals surface area contributed by atoms with E-state index in [0.717, 1.165) is 0 Å². The van der Waals surface area contributed by atoms with E-state index >= 15 is 0 Å². The Hall–Kier alpha value is -1.27. The number of rotatable bonds is 8. The van der Waals surface area contributed by atoms with E-state index in [9.17, 15) is 14.4 Å². The summed E-state index contributed by atoms with van der Waals surface area (Å²) in [4.78, 5) is 32.2. The van der Waals surface area contributed by atoms with Crippen molar-refractivity contribution in [3.8, 4) is 0 Å². The second-order valence-electron chi connectivity index (χ2n) is 2.89. The maximum absolute atomic E-state index is 11.1. The van der Waals surface area contributed by atoms with E-state index in [2.05, 4.69) is 9.47 Å². The summed E-state index contributed by atoms with van der Waals surface area (Å²) in [7, 11) is 1.46. The normalized spacial score (nSPS) is 11.9. The minimum Gasteiger partial charge on any atom is -0.458 e. The molecule has 0 saturated heterocycles. The quantitative estimate of drug-likeness (QED) is 0.244. The Balaban J connectivity index is 3.69. The first kappa shape index (κ1) is 13.7. The lowest BCUT2D eigenvalue weighted by Gasteiger charge is -2.04. The Morgan fingerprint density at radius 1 is 1.40 bits per heavy atom. The highest BCUT2D eigenvalue weighted by Crippen LogP contribution is 1.96. The van der Waals surface area contributed by atoms with Crippen molar-refractivity contribution in [3.63, 3.8) is 0 Å². The molecule has 0 aromatic heterocycles. The zero-order valence-electron chi connectivity index (χ0n) is 8.60. The summed E-state index contributed by atoms with van der Waals surface area (Å²) in [6.45, 7) is 0.285. The molecule has 1 atom stereocenters. The van der Waals surface area contributed by atoms with E-state index in [1.165, 1.54) is 7.11 Å². The zero-order valence-corrected chi connectivity index (χ0v) is 8.60. The predicted octanol–water partition coefficient (Wildman–Crippen LogP) is -0.948. The number of carbonyl (C=O) groups is 3. The van der Waals surface area contributed by atoms with Crippen molar-refractivity contribution in [2.45, 2.75) is 18.9 Å². The van der Waals surface area contributed by atoms with Crippen LogP contribution in [0.2, 0.25) is 0 Å². The molecule has 0 aliphatic carbocycles. The van der Waals surface area contributed by atoms with Gasteiger partial charge in [-0.2, -0.15) is 0 Å². The minimum atomic E-state index is -0.912. The molecule has 86 valence electrons. The molecule has 2 N–H and O–H groups in total. The van der Waals surface area contributed by atoms with Crippen molar-refractivity contribution >= 4 is 18.0 Å². The molecule has 6 heteroatoms. The van der Waals surface area contributed by atoms with Gasteiger partial charge in [0.1, 0.15) is 12.9 Å². The van der Waals surface area contributed by atoms with Crippen LogP contribution in [0.5, 0.6) is 0 Å². The lowest BCUT2D eigenvalue weighted by Crippen LogP contribution is -2.25. The van der Waals surface area contributed by atoms with Crippen molar-refractivity contribution in [3.05, 3.63) is 0 Å². The van der Waals surface area contributed by atoms with Crippen molar-refractivity contribution < 1.29 is 23.9 Å². The predicted molar refractivity (Wildman–Crippen MR) is 51.1 cm³/mol. The summed E-state index contributed by atoms with van der Waals surface area (Å²) in [6.07, 6.45) is 0.608. The van der Waals surface area contributed by atoms with Gasteiger partial charge in [0.25, 0.3) is 0 Å². The SMILES string of the molecule is COCCOC(=O)C(=O)CC[C@H](N)C=O. The number of hydrogen-bond donors (Lipinski definition) is 1. The highest BCUT2D eigenvalue weighted by atomic mass is 16.6. The largest absolute Gasteiger partial charge is 0.458 e. The summed E-state index contributed by atoms with van der Waals surface area (Å²) in [5, 5.41) is 0. The second kappa shape index (κ2) is 8.07. The summed E-state index contributed by atoms with van der Waals surface area (Å²) in [5.74, 6) is -1.59. The van der Waals surface area contributed by atoms with E-state index in [4.69, 9.17) is 5.73 Å². The molecular weight excluding hydrogens is 202 g/mol. The molecule has 0 unspecified atom stereocenters. The van der Waals surface area contributed by atoms with E-state index in [1.807, 2.05) is 0 Å². The first-order valence-corrected chi connectivity index (χ1v) is 4.51. The summed E-state index contributed by atoms with van der Waals surface area (Å²) >= 11 is 0. The van der Waals surface area contributed by atoms with Gasteiger partial charge in [-0.1, -0.05) is 0 Å². The molecule has 0 rings (SSSR count). The number of esters is 1. The van der Waals surface area contributed by atoms with Crippen LogP contribution in [0.3, 0.4) is 0 Å². The molecule has 0 amide bonds. The lowest BCUT2D eigenvalue weighted by atomic mass is 10.1. The molecule has 6 nitrogen and oxygen atoms in total. The van der Waals surface area contributed by atoms with Crippen LogP contribution in [0.4, 0.5) is 0 Å². The third kappa shape index (κ3) is 6.75. The van der Waals surface area contributed by atoms with Gasteiger partial charge in [0, 0.05) is 13.5 Å². The first-order chi connectivity index (χ1) is 7.11. The Labute approximate surface area is 87.7 Å². The maximum atomic E-state index is 11.1. The van der Waals surface area contributed by atoms with Gasteiger partial charge in [-0.25, -0.2) is 4.79 Å². The van der Waals surface area contributed by atoms with E-state index in [0.29, 0.717) is 6.29 Å². The van der Waals surface area contributed by atoms with Crippen LogP contribution in [0.1, 0.15) is 12.8 Å². The van der Waals surface area contributed by atoms with Gasteiger partial charge in [0.15, 0.2) is 0 Å². The number of nitrogens with two attached hydrogens (primary N) is 1. The van der Waals surface area contributed by atoms with Crippen molar-refractivity contribution in [1.29, 1.82) is 0 Å². The van der Waals surface area contributed by atoms with Gasteiger partial charge in [0.2, 0.25) is 5.78 Å². The molecule has 0 bridgehead atoms. The molecule has 0 aromatic carbocycles.